The molecule has 2 fully saturated rings. The molecule has 1 aliphatic carbocycles. The summed E-state index contributed by atoms with van der Waals surface area (Å²) in [5, 5.41) is 2.78. The number of nitrogens with two attached hydrogens (primary N) is 1. The van der Waals surface area contributed by atoms with E-state index < -0.39 is 6.04 Å². The molecule has 1 saturated carbocycles. The monoisotopic (exact) mass is 365 g/mol. The lowest BCUT2D eigenvalue weighted by Crippen LogP contribution is -2.49. The van der Waals surface area contributed by atoms with E-state index in [2.05, 4.69) is 24.5 Å². The molecular formula is C22H27N3O2. The van der Waals surface area contributed by atoms with Crippen LogP contribution >= 0.6 is 0 Å². The minimum absolute atomic E-state index is 0.0491. The van der Waals surface area contributed by atoms with E-state index >= 15 is 0 Å². The van der Waals surface area contributed by atoms with E-state index in [0.717, 1.165) is 36.9 Å². The average molecular weight is 365 g/mol. The summed E-state index contributed by atoms with van der Waals surface area (Å²) < 4.78 is 0. The van der Waals surface area contributed by atoms with Crippen LogP contribution in [-0.4, -0.2) is 28.8 Å². The summed E-state index contributed by atoms with van der Waals surface area (Å²) in [5.74, 6) is 0.235. The number of rotatable bonds is 3. The molecule has 27 heavy (non-hydrogen) atoms. The van der Waals surface area contributed by atoms with Crippen LogP contribution in [0.4, 0.5) is 0 Å². The number of carbonyl (C=O) groups excluding carboxylic acids is 2. The number of nitrogens with zero attached hydrogens (tertiary/aromatic N) is 1. The largest absolute Gasteiger partial charge is 0.329 e. The lowest BCUT2D eigenvalue weighted by atomic mass is 9.79. The van der Waals surface area contributed by atoms with Gasteiger partial charge in [0.1, 0.15) is 6.04 Å². The standard InChI is InChI=1S/C22H27N3O2/c1-13-3-7-19(23)16(9-13)10-15-5-6-18-17(11-15)12-25(22(18)27)20-8-4-14(2)24-21(20)26/h5-6,11,16,19-20H,1-4,7-10,12,23H2,(H,24,26)/t16-,19+,20?/m1/s1. The van der Waals surface area contributed by atoms with Crippen LogP contribution in [-0.2, 0) is 17.8 Å². The Balaban J connectivity index is 1.50. The number of fused-ring (bicyclic) bond motifs is 1. The van der Waals surface area contributed by atoms with Gasteiger partial charge >= 0.3 is 0 Å². The third kappa shape index (κ3) is 3.44. The van der Waals surface area contributed by atoms with E-state index in [-0.39, 0.29) is 17.9 Å². The first-order valence-corrected chi connectivity index (χ1v) is 9.76. The molecular weight excluding hydrogens is 338 g/mol. The number of carbonyl (C=O) groups is 2. The van der Waals surface area contributed by atoms with Crippen molar-refractivity contribution in [1.29, 1.82) is 0 Å². The van der Waals surface area contributed by atoms with E-state index in [9.17, 15) is 9.59 Å². The third-order valence-electron chi connectivity index (χ3n) is 6.19. The molecule has 0 spiro atoms. The third-order valence-corrected chi connectivity index (χ3v) is 6.19. The summed E-state index contributed by atoms with van der Waals surface area (Å²) in [6.45, 7) is 8.44. The number of allylic oxidation sites excluding steroid dienone is 2. The van der Waals surface area contributed by atoms with Crippen LogP contribution in [0.1, 0.15) is 53.6 Å². The SMILES string of the molecule is C=C1CC[C@H](N)[C@@H](Cc2ccc3c(c2)CN(C2CCC(=C)NC2=O)C3=O)C1. The van der Waals surface area contributed by atoms with E-state index in [0.29, 0.717) is 30.9 Å². The molecule has 3 atom stereocenters. The predicted molar refractivity (Wildman–Crippen MR) is 105 cm³/mol. The Kier molecular flexibility index (Phi) is 4.64. The molecule has 5 nitrogen and oxygen atoms in total. The van der Waals surface area contributed by atoms with Gasteiger partial charge in [-0.2, -0.15) is 0 Å². The minimum atomic E-state index is -0.408. The fourth-order valence-electron chi connectivity index (χ4n) is 4.59. The second-order valence-corrected chi connectivity index (χ2v) is 8.19. The van der Waals surface area contributed by atoms with Crippen molar-refractivity contribution in [2.24, 2.45) is 11.7 Å². The normalized spacial score (nSPS) is 28.3. The molecule has 0 bridgehead atoms. The molecule has 2 amide bonds. The summed E-state index contributed by atoms with van der Waals surface area (Å²) in [6.07, 6.45) is 5.27. The molecule has 0 aromatic heterocycles. The Morgan fingerprint density at radius 1 is 1.19 bits per heavy atom. The van der Waals surface area contributed by atoms with Crippen molar-refractivity contribution in [3.63, 3.8) is 0 Å². The highest BCUT2D eigenvalue weighted by Crippen LogP contribution is 2.32. The molecule has 1 saturated heterocycles. The van der Waals surface area contributed by atoms with Crippen LogP contribution in [0.3, 0.4) is 0 Å². The summed E-state index contributed by atoms with van der Waals surface area (Å²) in [4.78, 5) is 26.8. The van der Waals surface area contributed by atoms with Crippen LogP contribution in [0.15, 0.2) is 42.6 Å². The highest BCUT2D eigenvalue weighted by atomic mass is 16.2. The summed E-state index contributed by atoms with van der Waals surface area (Å²) >= 11 is 0. The van der Waals surface area contributed by atoms with Gasteiger partial charge in [-0.25, -0.2) is 0 Å². The zero-order valence-electron chi connectivity index (χ0n) is 15.7. The highest BCUT2D eigenvalue weighted by Gasteiger charge is 2.38. The number of hydrogen-bond donors (Lipinski definition) is 2. The fraction of sp³-hybridized carbons (Fsp3) is 0.455. The van der Waals surface area contributed by atoms with Gasteiger partial charge in [0.2, 0.25) is 5.91 Å². The summed E-state index contributed by atoms with van der Waals surface area (Å²) in [5.41, 5.74) is 11.3. The van der Waals surface area contributed by atoms with Crippen LogP contribution in [0.5, 0.6) is 0 Å². The van der Waals surface area contributed by atoms with Crippen molar-refractivity contribution in [1.82, 2.24) is 10.2 Å². The zero-order valence-corrected chi connectivity index (χ0v) is 15.7. The van der Waals surface area contributed by atoms with Crippen LogP contribution in [0.2, 0.25) is 0 Å². The number of benzene rings is 1. The Hall–Kier alpha value is -2.40. The molecule has 3 N–H and O–H groups in total. The second kappa shape index (κ2) is 6.97. The summed E-state index contributed by atoms with van der Waals surface area (Å²) in [6, 6.07) is 5.87. The van der Waals surface area contributed by atoms with Gasteiger partial charge in [-0.1, -0.05) is 30.9 Å². The van der Waals surface area contributed by atoms with Crippen LogP contribution < -0.4 is 11.1 Å². The molecule has 142 valence electrons. The van der Waals surface area contributed by atoms with E-state index in [1.165, 1.54) is 11.1 Å². The molecule has 2 heterocycles. The molecule has 1 aromatic rings. The summed E-state index contributed by atoms with van der Waals surface area (Å²) in [7, 11) is 0. The van der Waals surface area contributed by atoms with Gasteiger partial charge in [0.25, 0.3) is 5.91 Å². The first kappa shape index (κ1) is 18.0. The topological polar surface area (TPSA) is 75.4 Å². The highest BCUT2D eigenvalue weighted by molar-refractivity contribution is 6.01. The molecule has 4 rings (SSSR count). The maximum Gasteiger partial charge on any atom is 0.255 e. The molecule has 1 aromatic carbocycles. The lowest BCUT2D eigenvalue weighted by Gasteiger charge is -2.31. The maximum atomic E-state index is 12.8. The van der Waals surface area contributed by atoms with Gasteiger partial charge in [-0.3, -0.25) is 9.59 Å². The van der Waals surface area contributed by atoms with Gasteiger partial charge in [0.15, 0.2) is 0 Å². The zero-order chi connectivity index (χ0) is 19.1. The maximum absolute atomic E-state index is 12.8. The van der Waals surface area contributed by atoms with Gasteiger partial charge in [-0.15, -0.1) is 0 Å². The first-order valence-electron chi connectivity index (χ1n) is 9.76. The number of nitrogens with one attached hydrogen (secondary N) is 1. The Morgan fingerprint density at radius 2 is 2.00 bits per heavy atom. The Morgan fingerprint density at radius 3 is 2.78 bits per heavy atom. The van der Waals surface area contributed by atoms with Crippen molar-refractivity contribution >= 4 is 11.8 Å². The van der Waals surface area contributed by atoms with Gasteiger partial charge in [-0.05, 0) is 61.6 Å². The van der Waals surface area contributed by atoms with Crippen LogP contribution in [0, 0.1) is 5.92 Å². The van der Waals surface area contributed by atoms with Crippen molar-refractivity contribution in [2.45, 2.75) is 57.2 Å². The smallest absolute Gasteiger partial charge is 0.255 e. The quantitative estimate of drug-likeness (QED) is 0.809. The molecule has 2 aliphatic heterocycles. The van der Waals surface area contributed by atoms with E-state index in [4.69, 9.17) is 5.73 Å². The predicted octanol–water partition coefficient (Wildman–Crippen LogP) is 2.66. The van der Waals surface area contributed by atoms with Gasteiger partial charge < -0.3 is 16.0 Å². The number of amides is 2. The lowest BCUT2D eigenvalue weighted by molar-refractivity contribution is -0.126. The molecule has 5 heteroatoms. The van der Waals surface area contributed by atoms with Crippen molar-refractivity contribution in [3.8, 4) is 0 Å². The van der Waals surface area contributed by atoms with Crippen LogP contribution in [0.25, 0.3) is 0 Å². The first-order chi connectivity index (χ1) is 12.9. The van der Waals surface area contributed by atoms with E-state index in [1.54, 1.807) is 4.90 Å². The van der Waals surface area contributed by atoms with E-state index in [1.807, 2.05) is 12.1 Å². The van der Waals surface area contributed by atoms with Crippen molar-refractivity contribution in [3.05, 3.63) is 59.3 Å². The van der Waals surface area contributed by atoms with Crippen molar-refractivity contribution in [2.75, 3.05) is 0 Å². The fourth-order valence-corrected chi connectivity index (χ4v) is 4.59. The average Bonchev–Trinajstić information content (AvgIpc) is 2.94. The number of hydrogen-bond acceptors (Lipinski definition) is 3. The molecule has 1 unspecified atom stereocenters. The number of piperidine rings is 1. The molecule has 0 radical (unpaired) electrons. The van der Waals surface area contributed by atoms with Gasteiger partial charge in [0.05, 0.1) is 0 Å². The molecule has 3 aliphatic rings. The Labute approximate surface area is 160 Å². The van der Waals surface area contributed by atoms with Crippen molar-refractivity contribution < 1.29 is 9.59 Å². The Bertz CT molecular complexity index is 829. The van der Waals surface area contributed by atoms with Gasteiger partial charge in [0, 0.05) is 23.8 Å². The second-order valence-electron chi connectivity index (χ2n) is 8.19. The minimum Gasteiger partial charge on any atom is -0.329 e.